The van der Waals surface area contributed by atoms with E-state index in [1.807, 2.05) is 13.8 Å². The number of halogens is 1. The van der Waals surface area contributed by atoms with Crippen LogP contribution in [0.5, 0.6) is 5.75 Å². The van der Waals surface area contributed by atoms with Gasteiger partial charge in [0.2, 0.25) is 5.91 Å². The van der Waals surface area contributed by atoms with E-state index in [9.17, 15) is 9.18 Å². The molecular weight excluding hydrogens is 235 g/mol. The summed E-state index contributed by atoms with van der Waals surface area (Å²) in [5.41, 5.74) is 5.66. The first-order valence-corrected chi connectivity index (χ1v) is 5.71. The van der Waals surface area contributed by atoms with Crippen LogP contribution in [0.4, 0.5) is 4.39 Å². The van der Waals surface area contributed by atoms with Gasteiger partial charge in [-0.15, -0.1) is 0 Å². The third-order valence-electron chi connectivity index (χ3n) is 2.57. The minimum atomic E-state index is -0.471. The number of amides is 1. The van der Waals surface area contributed by atoms with Crippen LogP contribution in [-0.4, -0.2) is 25.1 Å². The summed E-state index contributed by atoms with van der Waals surface area (Å²) in [6.07, 6.45) is 0.115. The molecule has 0 fully saturated rings. The Kier molecular flexibility index (Phi) is 4.67. The molecule has 0 spiro atoms. The van der Waals surface area contributed by atoms with E-state index in [-0.39, 0.29) is 18.1 Å². The van der Waals surface area contributed by atoms with Gasteiger partial charge in [0.25, 0.3) is 0 Å². The van der Waals surface area contributed by atoms with E-state index in [2.05, 4.69) is 5.32 Å². The predicted molar refractivity (Wildman–Crippen MR) is 67.9 cm³/mol. The van der Waals surface area contributed by atoms with Crippen LogP contribution in [0.1, 0.15) is 19.4 Å². The van der Waals surface area contributed by atoms with Crippen LogP contribution in [0.15, 0.2) is 18.2 Å². The highest BCUT2D eigenvalue weighted by atomic mass is 19.1. The number of carbonyl (C=O) groups excluding carboxylic acids is 1. The number of carbonyl (C=O) groups is 1. The van der Waals surface area contributed by atoms with E-state index in [0.717, 1.165) is 0 Å². The molecule has 0 aliphatic heterocycles. The highest BCUT2D eigenvalue weighted by Gasteiger charge is 2.18. The van der Waals surface area contributed by atoms with Crippen molar-refractivity contribution in [1.82, 2.24) is 5.32 Å². The van der Waals surface area contributed by atoms with Crippen molar-refractivity contribution in [2.75, 3.05) is 13.7 Å². The molecule has 18 heavy (non-hydrogen) atoms. The van der Waals surface area contributed by atoms with Gasteiger partial charge >= 0.3 is 0 Å². The molecule has 0 unspecified atom stereocenters. The summed E-state index contributed by atoms with van der Waals surface area (Å²) >= 11 is 0. The zero-order valence-electron chi connectivity index (χ0n) is 10.9. The number of ether oxygens (including phenoxy) is 1. The summed E-state index contributed by atoms with van der Waals surface area (Å²) in [5, 5.41) is 2.78. The summed E-state index contributed by atoms with van der Waals surface area (Å²) in [6.45, 7) is 4.01. The molecule has 1 rings (SSSR count). The summed E-state index contributed by atoms with van der Waals surface area (Å²) < 4.78 is 18.2. The molecule has 4 nitrogen and oxygen atoms in total. The van der Waals surface area contributed by atoms with E-state index in [1.165, 1.54) is 19.2 Å². The van der Waals surface area contributed by atoms with E-state index in [1.54, 1.807) is 6.07 Å². The highest BCUT2D eigenvalue weighted by molar-refractivity contribution is 5.79. The quantitative estimate of drug-likeness (QED) is 0.830. The molecule has 0 saturated carbocycles. The minimum absolute atomic E-state index is 0.115. The van der Waals surface area contributed by atoms with Gasteiger partial charge in [-0.1, -0.05) is 6.07 Å². The topological polar surface area (TPSA) is 64.3 Å². The maximum absolute atomic E-state index is 13.4. The molecule has 0 bridgehead atoms. The molecule has 1 amide bonds. The van der Waals surface area contributed by atoms with Gasteiger partial charge in [0.1, 0.15) is 0 Å². The first kappa shape index (κ1) is 14.4. The van der Waals surface area contributed by atoms with Gasteiger partial charge in [-0.2, -0.15) is 0 Å². The summed E-state index contributed by atoms with van der Waals surface area (Å²) in [7, 11) is 1.40. The van der Waals surface area contributed by atoms with Crippen molar-refractivity contribution in [2.45, 2.75) is 25.8 Å². The van der Waals surface area contributed by atoms with Crippen molar-refractivity contribution in [2.24, 2.45) is 5.73 Å². The smallest absolute Gasteiger partial charge is 0.224 e. The van der Waals surface area contributed by atoms with Crippen molar-refractivity contribution < 1.29 is 13.9 Å². The number of hydrogen-bond donors (Lipinski definition) is 2. The standard InChI is InChI=1S/C13H19FN2O2/c1-13(2,8-15)16-12(17)7-9-4-5-11(18-3)10(14)6-9/h4-6H,7-8,15H2,1-3H3,(H,16,17). The van der Waals surface area contributed by atoms with Gasteiger partial charge in [-0.25, -0.2) is 4.39 Å². The normalized spacial score (nSPS) is 11.2. The SMILES string of the molecule is COc1ccc(CC(=O)NC(C)(C)CN)cc1F. The predicted octanol–water partition coefficient (Wildman–Crippen LogP) is 1.23. The number of benzene rings is 1. The third kappa shape index (κ3) is 4.00. The lowest BCUT2D eigenvalue weighted by atomic mass is 10.0. The number of nitrogens with two attached hydrogens (primary N) is 1. The Hall–Kier alpha value is -1.62. The van der Waals surface area contributed by atoms with Gasteiger partial charge in [0, 0.05) is 12.1 Å². The molecule has 1 aromatic carbocycles. The molecule has 1 aromatic rings. The number of rotatable bonds is 5. The van der Waals surface area contributed by atoms with E-state index in [0.29, 0.717) is 12.1 Å². The van der Waals surface area contributed by atoms with Crippen molar-refractivity contribution in [1.29, 1.82) is 0 Å². The highest BCUT2D eigenvalue weighted by Crippen LogP contribution is 2.18. The lowest BCUT2D eigenvalue weighted by Gasteiger charge is -2.24. The van der Waals surface area contributed by atoms with E-state index >= 15 is 0 Å². The summed E-state index contributed by atoms with van der Waals surface area (Å²) in [6, 6.07) is 4.47. The van der Waals surface area contributed by atoms with Crippen LogP contribution in [0.3, 0.4) is 0 Å². The first-order chi connectivity index (χ1) is 8.38. The Labute approximate surface area is 106 Å². The van der Waals surface area contributed by atoms with Crippen LogP contribution < -0.4 is 15.8 Å². The Balaban J connectivity index is 2.68. The monoisotopic (exact) mass is 254 g/mol. The van der Waals surface area contributed by atoms with Gasteiger partial charge in [0.05, 0.1) is 13.5 Å². The van der Waals surface area contributed by atoms with Crippen LogP contribution in [-0.2, 0) is 11.2 Å². The fraction of sp³-hybridized carbons (Fsp3) is 0.462. The average molecular weight is 254 g/mol. The van der Waals surface area contributed by atoms with Crippen molar-refractivity contribution >= 4 is 5.91 Å². The lowest BCUT2D eigenvalue weighted by molar-refractivity contribution is -0.121. The second-order valence-electron chi connectivity index (χ2n) is 4.78. The lowest BCUT2D eigenvalue weighted by Crippen LogP contribution is -2.49. The van der Waals surface area contributed by atoms with Gasteiger partial charge in [-0.05, 0) is 31.5 Å². The van der Waals surface area contributed by atoms with Crippen molar-refractivity contribution in [3.05, 3.63) is 29.6 Å². The Morgan fingerprint density at radius 3 is 2.67 bits per heavy atom. The van der Waals surface area contributed by atoms with Gasteiger partial charge in [-0.3, -0.25) is 4.79 Å². The van der Waals surface area contributed by atoms with Crippen LogP contribution >= 0.6 is 0 Å². The summed E-state index contributed by atoms with van der Waals surface area (Å²) in [4.78, 5) is 11.7. The van der Waals surface area contributed by atoms with Gasteiger partial charge < -0.3 is 15.8 Å². The molecule has 5 heteroatoms. The molecule has 100 valence electrons. The zero-order chi connectivity index (χ0) is 13.8. The Morgan fingerprint density at radius 1 is 1.50 bits per heavy atom. The Morgan fingerprint density at radius 2 is 2.17 bits per heavy atom. The molecular formula is C13H19FN2O2. The molecule has 3 N–H and O–H groups in total. The fourth-order valence-corrected chi connectivity index (χ4v) is 1.48. The first-order valence-electron chi connectivity index (χ1n) is 5.71. The molecule has 0 atom stereocenters. The second-order valence-corrected chi connectivity index (χ2v) is 4.78. The molecule has 0 aliphatic rings. The summed E-state index contributed by atoms with van der Waals surface area (Å²) in [5.74, 6) is -0.489. The van der Waals surface area contributed by atoms with Crippen LogP contribution in [0.25, 0.3) is 0 Å². The van der Waals surface area contributed by atoms with Crippen LogP contribution in [0, 0.1) is 5.82 Å². The number of hydrogen-bond acceptors (Lipinski definition) is 3. The third-order valence-corrected chi connectivity index (χ3v) is 2.57. The largest absolute Gasteiger partial charge is 0.494 e. The molecule has 0 heterocycles. The molecule has 0 aliphatic carbocycles. The molecule has 0 saturated heterocycles. The number of nitrogens with one attached hydrogen (secondary N) is 1. The number of methoxy groups -OCH3 is 1. The second kappa shape index (κ2) is 5.82. The van der Waals surface area contributed by atoms with Gasteiger partial charge in [0.15, 0.2) is 11.6 Å². The van der Waals surface area contributed by atoms with E-state index < -0.39 is 11.4 Å². The van der Waals surface area contributed by atoms with E-state index in [4.69, 9.17) is 10.5 Å². The van der Waals surface area contributed by atoms with Crippen LogP contribution in [0.2, 0.25) is 0 Å². The average Bonchev–Trinajstić information content (AvgIpc) is 2.28. The molecule has 0 radical (unpaired) electrons. The molecule has 0 aromatic heterocycles. The zero-order valence-corrected chi connectivity index (χ0v) is 10.9. The fourth-order valence-electron chi connectivity index (χ4n) is 1.48. The minimum Gasteiger partial charge on any atom is -0.494 e. The Bertz CT molecular complexity index is 433. The van der Waals surface area contributed by atoms with Crippen molar-refractivity contribution in [3.63, 3.8) is 0 Å². The maximum atomic E-state index is 13.4. The van der Waals surface area contributed by atoms with Crippen molar-refractivity contribution in [3.8, 4) is 5.75 Å². The maximum Gasteiger partial charge on any atom is 0.224 e.